The van der Waals surface area contributed by atoms with Crippen LogP contribution in [0.4, 0.5) is 5.69 Å². The van der Waals surface area contributed by atoms with E-state index in [1.165, 1.54) is 11.8 Å². The number of benzene rings is 1. The molecule has 0 spiro atoms. The second-order valence-electron chi connectivity index (χ2n) is 4.34. The van der Waals surface area contributed by atoms with E-state index in [1.807, 2.05) is 39.3 Å². The minimum Gasteiger partial charge on any atom is -0.339 e. The maximum absolute atomic E-state index is 12.3. The van der Waals surface area contributed by atoms with Gasteiger partial charge in [0.25, 0.3) is 5.91 Å². The molecule has 0 aromatic heterocycles. The van der Waals surface area contributed by atoms with Gasteiger partial charge in [0, 0.05) is 18.7 Å². The van der Waals surface area contributed by atoms with Crippen LogP contribution >= 0.6 is 11.8 Å². The van der Waals surface area contributed by atoms with Gasteiger partial charge in [-0.05, 0) is 50.8 Å². The Morgan fingerprint density at radius 3 is 2.57 bits per heavy atom. The second-order valence-corrected chi connectivity index (χ2v) is 5.13. The van der Waals surface area contributed by atoms with E-state index in [9.17, 15) is 4.79 Å². The molecule has 21 heavy (non-hydrogen) atoms. The third-order valence-corrected chi connectivity index (χ3v) is 3.65. The zero-order chi connectivity index (χ0) is 15.8. The van der Waals surface area contributed by atoms with Crippen LogP contribution in [-0.2, 0) is 0 Å². The smallest absolute Gasteiger partial charge is 0.253 e. The second kappa shape index (κ2) is 8.32. The summed E-state index contributed by atoms with van der Waals surface area (Å²) in [6.07, 6.45) is 3.70. The Morgan fingerprint density at radius 1 is 1.43 bits per heavy atom. The quantitative estimate of drug-likeness (QED) is 0.402. The predicted octanol–water partition coefficient (Wildman–Crippen LogP) is 2.90. The summed E-state index contributed by atoms with van der Waals surface area (Å²) in [7, 11) is 0. The summed E-state index contributed by atoms with van der Waals surface area (Å²) in [6.45, 7) is 7.21. The lowest BCUT2D eigenvalue weighted by atomic mass is 10.1. The van der Waals surface area contributed by atoms with Crippen LogP contribution in [0, 0.1) is 18.4 Å². The van der Waals surface area contributed by atoms with Crippen molar-refractivity contribution < 1.29 is 4.79 Å². The summed E-state index contributed by atoms with van der Waals surface area (Å²) in [5.74, 6) is 0.0267. The van der Waals surface area contributed by atoms with Crippen LogP contribution in [0.5, 0.6) is 0 Å². The molecule has 6 heteroatoms. The largest absolute Gasteiger partial charge is 0.339 e. The first kappa shape index (κ1) is 17.1. The number of carbonyl (C=O) groups is 1. The number of hydrogen-bond donors (Lipinski definition) is 1. The molecule has 0 aliphatic heterocycles. The Labute approximate surface area is 130 Å². The summed E-state index contributed by atoms with van der Waals surface area (Å²) in [6, 6.07) is 5.42. The molecular weight excluding hydrogens is 284 g/mol. The van der Waals surface area contributed by atoms with Crippen molar-refractivity contribution in [1.82, 2.24) is 10.2 Å². The van der Waals surface area contributed by atoms with Gasteiger partial charge < -0.3 is 4.90 Å². The Hall–Kier alpha value is -2.00. The molecule has 5 nitrogen and oxygen atoms in total. The molecular formula is C15H20N4OS. The molecule has 0 heterocycles. The fourth-order valence-corrected chi connectivity index (χ4v) is 2.23. The molecule has 0 bridgehead atoms. The van der Waals surface area contributed by atoms with Crippen molar-refractivity contribution in [2.45, 2.75) is 20.8 Å². The maximum Gasteiger partial charge on any atom is 0.253 e. The van der Waals surface area contributed by atoms with Gasteiger partial charge in [-0.3, -0.25) is 10.1 Å². The topological polar surface area (TPSA) is 68.5 Å². The van der Waals surface area contributed by atoms with Gasteiger partial charge in [0.05, 0.1) is 5.69 Å². The molecule has 112 valence electrons. The summed E-state index contributed by atoms with van der Waals surface area (Å²) in [4.78, 5) is 18.4. The fraction of sp³-hybridized carbons (Fsp3) is 0.400. The highest BCUT2D eigenvalue weighted by atomic mass is 32.2. The number of nitriles is 1. The first-order chi connectivity index (χ1) is 10.1. The van der Waals surface area contributed by atoms with Crippen LogP contribution in [0.2, 0.25) is 0 Å². The highest BCUT2D eigenvalue weighted by Crippen LogP contribution is 2.22. The molecule has 1 rings (SSSR count). The molecule has 1 amide bonds. The molecule has 0 saturated carbocycles. The number of amidine groups is 1. The van der Waals surface area contributed by atoms with Crippen molar-refractivity contribution in [2.75, 3.05) is 19.3 Å². The van der Waals surface area contributed by atoms with Crippen molar-refractivity contribution in [3.63, 3.8) is 0 Å². The van der Waals surface area contributed by atoms with Gasteiger partial charge in [0.2, 0.25) is 0 Å². The minimum atomic E-state index is 0.0267. The number of nitrogens with one attached hydrogen (secondary N) is 1. The van der Waals surface area contributed by atoms with Gasteiger partial charge >= 0.3 is 0 Å². The van der Waals surface area contributed by atoms with E-state index in [1.54, 1.807) is 17.0 Å². The van der Waals surface area contributed by atoms with E-state index in [0.717, 1.165) is 11.3 Å². The van der Waals surface area contributed by atoms with E-state index in [-0.39, 0.29) is 5.91 Å². The number of aliphatic imine (C=N–C) groups is 1. The molecule has 0 unspecified atom stereocenters. The Bertz CT molecular complexity index is 574. The van der Waals surface area contributed by atoms with Gasteiger partial charge in [0.1, 0.15) is 0 Å². The Morgan fingerprint density at radius 2 is 2.10 bits per heavy atom. The number of rotatable bonds is 4. The summed E-state index contributed by atoms with van der Waals surface area (Å²) < 4.78 is 0. The van der Waals surface area contributed by atoms with Crippen LogP contribution in [0.3, 0.4) is 0 Å². The van der Waals surface area contributed by atoms with E-state index < -0.39 is 0 Å². The number of aryl methyl sites for hydroxylation is 1. The number of nitrogens with zero attached hydrogens (tertiary/aromatic N) is 3. The average Bonchev–Trinajstić information content (AvgIpc) is 2.49. The van der Waals surface area contributed by atoms with Gasteiger partial charge in [0.15, 0.2) is 11.4 Å². The van der Waals surface area contributed by atoms with Gasteiger partial charge in [-0.15, -0.1) is 0 Å². The number of carbonyl (C=O) groups excluding carboxylic acids is 1. The normalized spacial score (nSPS) is 10.9. The molecule has 0 atom stereocenters. The third-order valence-electron chi connectivity index (χ3n) is 3.07. The van der Waals surface area contributed by atoms with Crippen molar-refractivity contribution >= 4 is 28.5 Å². The van der Waals surface area contributed by atoms with Crippen molar-refractivity contribution in [1.29, 1.82) is 5.26 Å². The van der Waals surface area contributed by atoms with Gasteiger partial charge in [-0.1, -0.05) is 11.8 Å². The number of thioether (sulfide) groups is 1. The lowest BCUT2D eigenvalue weighted by Gasteiger charge is -2.19. The van der Waals surface area contributed by atoms with Crippen LogP contribution in [-0.4, -0.2) is 35.3 Å². The summed E-state index contributed by atoms with van der Waals surface area (Å²) >= 11 is 1.36. The minimum absolute atomic E-state index is 0.0267. The monoisotopic (exact) mass is 304 g/mol. The first-order valence-electron chi connectivity index (χ1n) is 6.75. The fourth-order valence-electron chi connectivity index (χ4n) is 1.89. The van der Waals surface area contributed by atoms with Crippen molar-refractivity contribution in [3.8, 4) is 6.19 Å². The zero-order valence-electron chi connectivity index (χ0n) is 12.8. The Balaban J connectivity index is 3.06. The SMILES string of the molecule is CCN(CC)C(=O)c1ccc(N=C(NC#N)SC)c(C)c1. The standard InChI is InChI=1S/C15H20N4OS/c1-5-19(6-2)14(20)12-7-8-13(11(3)9-12)18-15(21-4)17-10-16/h7-9H,5-6H2,1-4H3,(H,17,18). The highest BCUT2D eigenvalue weighted by Gasteiger charge is 2.13. The molecule has 0 aliphatic rings. The lowest BCUT2D eigenvalue weighted by Crippen LogP contribution is -2.30. The number of amides is 1. The van der Waals surface area contributed by atoms with Crippen molar-refractivity contribution in [2.24, 2.45) is 4.99 Å². The van der Waals surface area contributed by atoms with Gasteiger partial charge in [-0.2, -0.15) is 5.26 Å². The molecule has 0 aliphatic carbocycles. The van der Waals surface area contributed by atoms with Crippen molar-refractivity contribution in [3.05, 3.63) is 29.3 Å². The zero-order valence-corrected chi connectivity index (χ0v) is 13.6. The molecule has 1 aromatic carbocycles. The summed E-state index contributed by atoms with van der Waals surface area (Å²) in [5, 5.41) is 11.7. The summed E-state index contributed by atoms with van der Waals surface area (Å²) in [5.41, 5.74) is 2.31. The average molecular weight is 304 g/mol. The van der Waals surface area contributed by atoms with Crippen LogP contribution in [0.1, 0.15) is 29.8 Å². The molecule has 0 fully saturated rings. The maximum atomic E-state index is 12.3. The predicted molar refractivity (Wildman–Crippen MR) is 87.8 cm³/mol. The van der Waals surface area contributed by atoms with Crippen LogP contribution in [0.15, 0.2) is 23.2 Å². The first-order valence-corrected chi connectivity index (χ1v) is 7.97. The van der Waals surface area contributed by atoms with E-state index in [4.69, 9.17) is 5.26 Å². The van der Waals surface area contributed by atoms with Crippen LogP contribution < -0.4 is 5.32 Å². The highest BCUT2D eigenvalue weighted by molar-refractivity contribution is 8.13. The van der Waals surface area contributed by atoms with E-state index >= 15 is 0 Å². The Kier molecular flexibility index (Phi) is 6.76. The van der Waals surface area contributed by atoms with Crippen LogP contribution in [0.25, 0.3) is 0 Å². The molecule has 1 N–H and O–H groups in total. The molecule has 0 radical (unpaired) electrons. The molecule has 0 saturated heterocycles. The molecule has 1 aromatic rings. The van der Waals surface area contributed by atoms with E-state index in [2.05, 4.69) is 10.3 Å². The van der Waals surface area contributed by atoms with Gasteiger partial charge in [-0.25, -0.2) is 4.99 Å². The third kappa shape index (κ3) is 4.50. The number of hydrogen-bond acceptors (Lipinski definition) is 4. The van der Waals surface area contributed by atoms with E-state index in [0.29, 0.717) is 23.8 Å². The lowest BCUT2D eigenvalue weighted by molar-refractivity contribution is 0.0773.